The van der Waals surface area contributed by atoms with Crippen LogP contribution in [-0.2, 0) is 11.2 Å². The molecule has 1 fully saturated rings. The van der Waals surface area contributed by atoms with Crippen LogP contribution in [-0.4, -0.2) is 41.5 Å². The minimum Gasteiger partial charge on any atom is -0.338 e. The highest BCUT2D eigenvalue weighted by molar-refractivity contribution is 5.82. The minimum atomic E-state index is -0.203. The van der Waals surface area contributed by atoms with Gasteiger partial charge in [0.15, 0.2) is 0 Å². The Morgan fingerprint density at radius 3 is 2.48 bits per heavy atom. The van der Waals surface area contributed by atoms with E-state index in [2.05, 4.69) is 41.8 Å². The van der Waals surface area contributed by atoms with Gasteiger partial charge in [0.2, 0.25) is 5.91 Å². The predicted octanol–water partition coefficient (Wildman–Crippen LogP) is 2.24. The second-order valence-corrected chi connectivity index (χ2v) is 7.21. The number of likely N-dealkylation sites (tertiary alicyclic amines) is 1. The average molecular weight is 317 g/mol. The van der Waals surface area contributed by atoms with Crippen LogP contribution in [0.1, 0.15) is 38.3 Å². The van der Waals surface area contributed by atoms with Gasteiger partial charge in [0.1, 0.15) is 0 Å². The van der Waals surface area contributed by atoms with E-state index in [0.29, 0.717) is 19.5 Å². The van der Waals surface area contributed by atoms with Crippen LogP contribution in [0.15, 0.2) is 24.3 Å². The first-order valence-corrected chi connectivity index (χ1v) is 8.16. The van der Waals surface area contributed by atoms with Crippen molar-refractivity contribution in [2.75, 3.05) is 13.1 Å². The van der Waals surface area contributed by atoms with Crippen LogP contribution in [0.4, 0.5) is 4.79 Å². The Morgan fingerprint density at radius 1 is 1.26 bits per heavy atom. The van der Waals surface area contributed by atoms with E-state index in [9.17, 15) is 9.59 Å². The van der Waals surface area contributed by atoms with Crippen LogP contribution in [0.5, 0.6) is 0 Å². The Morgan fingerprint density at radius 2 is 1.91 bits per heavy atom. The zero-order valence-electron chi connectivity index (χ0n) is 14.5. The molecule has 5 nitrogen and oxygen atoms in total. The number of rotatable bonds is 4. The molecule has 5 heteroatoms. The molecule has 2 rings (SSSR count). The maximum Gasteiger partial charge on any atom is 0.315 e. The molecule has 1 heterocycles. The van der Waals surface area contributed by atoms with Crippen LogP contribution < -0.4 is 10.6 Å². The first-order chi connectivity index (χ1) is 10.8. The maximum atomic E-state index is 12.0. The summed E-state index contributed by atoms with van der Waals surface area (Å²) in [5.74, 6) is 0.0995. The van der Waals surface area contributed by atoms with Crippen molar-refractivity contribution in [1.29, 1.82) is 0 Å². The summed E-state index contributed by atoms with van der Waals surface area (Å²) < 4.78 is 0. The van der Waals surface area contributed by atoms with Gasteiger partial charge in [-0.3, -0.25) is 4.79 Å². The summed E-state index contributed by atoms with van der Waals surface area (Å²) in [6.07, 6.45) is 1.17. The van der Waals surface area contributed by atoms with Crippen molar-refractivity contribution in [1.82, 2.24) is 15.5 Å². The fourth-order valence-corrected chi connectivity index (χ4v) is 2.76. The first kappa shape index (κ1) is 17.3. The number of carbonyl (C=O) groups is 2. The summed E-state index contributed by atoms with van der Waals surface area (Å²) in [4.78, 5) is 25.8. The van der Waals surface area contributed by atoms with Crippen LogP contribution in [0.2, 0.25) is 0 Å². The molecule has 0 saturated carbocycles. The van der Waals surface area contributed by atoms with Crippen LogP contribution in [0, 0.1) is 6.92 Å². The Balaban J connectivity index is 1.73. The summed E-state index contributed by atoms with van der Waals surface area (Å²) >= 11 is 0. The molecule has 0 aromatic heterocycles. The van der Waals surface area contributed by atoms with Gasteiger partial charge in [0.05, 0.1) is 6.04 Å². The number of amides is 3. The minimum absolute atomic E-state index is 0.0995. The number of benzene rings is 1. The molecular formula is C18H27N3O2. The zero-order chi connectivity index (χ0) is 17.0. The average Bonchev–Trinajstić information content (AvgIpc) is 2.82. The van der Waals surface area contributed by atoms with E-state index >= 15 is 0 Å². The topological polar surface area (TPSA) is 61.4 Å². The molecular weight excluding hydrogens is 290 g/mol. The van der Waals surface area contributed by atoms with Gasteiger partial charge in [-0.25, -0.2) is 4.79 Å². The maximum absolute atomic E-state index is 12.0. The highest BCUT2D eigenvalue weighted by atomic mass is 16.2. The van der Waals surface area contributed by atoms with Crippen LogP contribution >= 0.6 is 0 Å². The summed E-state index contributed by atoms with van der Waals surface area (Å²) in [6, 6.07) is 7.98. The number of hydrogen-bond acceptors (Lipinski definition) is 2. The summed E-state index contributed by atoms with van der Waals surface area (Å²) in [6.45, 7) is 9.24. The van der Waals surface area contributed by atoms with Gasteiger partial charge in [0, 0.05) is 25.0 Å². The number of hydrogen-bond donors (Lipinski definition) is 2. The summed E-state index contributed by atoms with van der Waals surface area (Å²) in [5, 5.41) is 5.76. The molecule has 0 radical (unpaired) electrons. The SMILES string of the molecule is Cc1ccc(CCNC(=O)NC2CC(=O)N(C(C)(C)C)C2)cc1. The third kappa shape index (κ3) is 4.98. The van der Waals surface area contributed by atoms with Crippen molar-refractivity contribution >= 4 is 11.9 Å². The highest BCUT2D eigenvalue weighted by Crippen LogP contribution is 2.21. The van der Waals surface area contributed by atoms with E-state index in [-0.39, 0.29) is 23.5 Å². The lowest BCUT2D eigenvalue weighted by Crippen LogP contribution is -2.46. The van der Waals surface area contributed by atoms with Gasteiger partial charge in [-0.05, 0) is 39.7 Å². The third-order valence-corrected chi connectivity index (χ3v) is 4.09. The summed E-state index contributed by atoms with van der Waals surface area (Å²) in [5.41, 5.74) is 2.23. The number of carbonyl (C=O) groups excluding carboxylic acids is 2. The number of urea groups is 1. The second kappa shape index (κ2) is 7.02. The van der Waals surface area contributed by atoms with Gasteiger partial charge >= 0.3 is 6.03 Å². The van der Waals surface area contributed by atoms with Gasteiger partial charge in [-0.1, -0.05) is 29.8 Å². The lowest BCUT2D eigenvalue weighted by molar-refractivity contribution is -0.131. The van der Waals surface area contributed by atoms with E-state index in [1.165, 1.54) is 11.1 Å². The highest BCUT2D eigenvalue weighted by Gasteiger charge is 2.36. The normalized spacial score (nSPS) is 18.2. The molecule has 1 unspecified atom stereocenters. The molecule has 1 aliphatic heterocycles. The standard InChI is InChI=1S/C18H27N3O2/c1-13-5-7-14(8-6-13)9-10-19-17(23)20-15-11-16(22)21(12-15)18(2,3)4/h5-8,15H,9-12H2,1-4H3,(H2,19,20,23). The largest absolute Gasteiger partial charge is 0.338 e. The van der Waals surface area contributed by atoms with Crippen molar-refractivity contribution in [3.63, 3.8) is 0 Å². The zero-order valence-corrected chi connectivity index (χ0v) is 14.5. The van der Waals surface area contributed by atoms with Gasteiger partial charge in [-0.2, -0.15) is 0 Å². The lowest BCUT2D eigenvalue weighted by Gasteiger charge is -2.32. The monoisotopic (exact) mass is 317 g/mol. The van der Waals surface area contributed by atoms with E-state index in [1.807, 2.05) is 25.7 Å². The number of aryl methyl sites for hydroxylation is 1. The van der Waals surface area contributed by atoms with Crippen LogP contribution in [0.25, 0.3) is 0 Å². The third-order valence-electron chi connectivity index (χ3n) is 4.09. The van der Waals surface area contributed by atoms with E-state index in [0.717, 1.165) is 6.42 Å². The molecule has 1 aromatic carbocycles. The molecule has 1 aliphatic rings. The Kier molecular flexibility index (Phi) is 5.29. The van der Waals surface area contributed by atoms with E-state index < -0.39 is 0 Å². The van der Waals surface area contributed by atoms with E-state index in [1.54, 1.807) is 0 Å². The van der Waals surface area contributed by atoms with Gasteiger partial charge in [-0.15, -0.1) is 0 Å². The number of nitrogens with zero attached hydrogens (tertiary/aromatic N) is 1. The van der Waals surface area contributed by atoms with Gasteiger partial charge in [0.25, 0.3) is 0 Å². The lowest BCUT2D eigenvalue weighted by atomic mass is 10.1. The Bertz CT molecular complexity index is 561. The van der Waals surface area contributed by atoms with Crippen LogP contribution in [0.3, 0.4) is 0 Å². The summed E-state index contributed by atoms with van der Waals surface area (Å²) in [7, 11) is 0. The van der Waals surface area contributed by atoms with Crippen molar-refractivity contribution < 1.29 is 9.59 Å². The predicted molar refractivity (Wildman–Crippen MR) is 91.3 cm³/mol. The molecule has 23 heavy (non-hydrogen) atoms. The fraction of sp³-hybridized carbons (Fsp3) is 0.556. The molecule has 2 N–H and O–H groups in total. The van der Waals surface area contributed by atoms with Crippen molar-refractivity contribution in [3.8, 4) is 0 Å². The first-order valence-electron chi connectivity index (χ1n) is 8.16. The molecule has 1 aromatic rings. The molecule has 0 aliphatic carbocycles. The molecule has 0 bridgehead atoms. The quantitative estimate of drug-likeness (QED) is 0.894. The molecule has 0 spiro atoms. The van der Waals surface area contributed by atoms with Gasteiger partial charge < -0.3 is 15.5 Å². The second-order valence-electron chi connectivity index (χ2n) is 7.21. The Hall–Kier alpha value is -2.04. The Labute approximate surface area is 138 Å². The molecule has 1 saturated heterocycles. The molecule has 3 amide bonds. The van der Waals surface area contributed by atoms with Crippen molar-refractivity contribution in [3.05, 3.63) is 35.4 Å². The smallest absolute Gasteiger partial charge is 0.315 e. The molecule has 126 valence electrons. The molecule has 1 atom stereocenters. The van der Waals surface area contributed by atoms with Crippen molar-refractivity contribution in [2.45, 2.75) is 52.1 Å². The van der Waals surface area contributed by atoms with E-state index in [4.69, 9.17) is 0 Å². The van der Waals surface area contributed by atoms with Crippen molar-refractivity contribution in [2.24, 2.45) is 0 Å². The number of nitrogens with one attached hydrogen (secondary N) is 2. The fourth-order valence-electron chi connectivity index (χ4n) is 2.76.